The van der Waals surface area contributed by atoms with Crippen LogP contribution in [0.5, 0.6) is 0 Å². The van der Waals surface area contributed by atoms with Gasteiger partial charge in [-0.15, -0.1) is 0 Å². The van der Waals surface area contributed by atoms with E-state index in [1.807, 2.05) is 0 Å². The molecule has 0 amide bonds. The Kier molecular flexibility index (Phi) is 3.71. The van der Waals surface area contributed by atoms with E-state index in [1.165, 1.54) is 0 Å². The van der Waals surface area contributed by atoms with E-state index in [0.717, 1.165) is 11.8 Å². The first-order valence-corrected chi connectivity index (χ1v) is 7.00. The second-order valence-electron chi connectivity index (χ2n) is 4.89. The fraction of sp³-hybridized carbons (Fsp3) is 0.286. The summed E-state index contributed by atoms with van der Waals surface area (Å²) in [6.45, 7) is 0.604. The number of ether oxygens (including phenoxy) is 1. The number of benzene rings is 1. The number of halogens is 4. The maximum absolute atomic E-state index is 13.2. The van der Waals surface area contributed by atoms with Gasteiger partial charge in [0, 0.05) is 17.3 Å². The smallest absolute Gasteiger partial charge is 0.436 e. The van der Waals surface area contributed by atoms with Gasteiger partial charge in [-0.25, -0.2) is 9.48 Å². The molecule has 0 saturated heterocycles. The second kappa shape index (κ2) is 5.45. The molecular formula is C14H11ClF3N3O2. The molecule has 0 spiro atoms. The molecule has 0 unspecified atom stereocenters. The predicted molar refractivity (Wildman–Crippen MR) is 77.0 cm³/mol. The summed E-state index contributed by atoms with van der Waals surface area (Å²) in [5.41, 5.74) is -1.25. The van der Waals surface area contributed by atoms with Gasteiger partial charge in [-0.2, -0.15) is 18.3 Å². The predicted octanol–water partition coefficient (Wildman–Crippen LogP) is 3.49. The molecule has 5 nitrogen and oxygen atoms in total. The van der Waals surface area contributed by atoms with Crippen molar-refractivity contribution >= 4 is 29.1 Å². The first kappa shape index (κ1) is 15.7. The molecular weight excluding hydrogens is 335 g/mol. The Hall–Kier alpha value is -2.22. The van der Waals surface area contributed by atoms with Gasteiger partial charge in [-0.3, -0.25) is 0 Å². The number of hydrogen-bond acceptors (Lipinski definition) is 4. The molecule has 0 saturated carbocycles. The average molecular weight is 346 g/mol. The van der Waals surface area contributed by atoms with Gasteiger partial charge in [0.15, 0.2) is 5.69 Å². The minimum atomic E-state index is -4.75. The van der Waals surface area contributed by atoms with Crippen LogP contribution in [0.3, 0.4) is 0 Å². The molecule has 2 aromatic rings. The molecule has 0 atom stereocenters. The van der Waals surface area contributed by atoms with E-state index in [4.69, 9.17) is 11.6 Å². The van der Waals surface area contributed by atoms with Crippen molar-refractivity contribution in [3.8, 4) is 0 Å². The van der Waals surface area contributed by atoms with Gasteiger partial charge in [-0.1, -0.05) is 17.7 Å². The number of methoxy groups -OCH3 is 1. The zero-order valence-electron chi connectivity index (χ0n) is 11.9. The average Bonchev–Trinajstić information content (AvgIpc) is 3.04. The first-order chi connectivity index (χ1) is 10.8. The van der Waals surface area contributed by atoms with Crippen LogP contribution in [0.2, 0.25) is 5.02 Å². The molecule has 0 N–H and O–H groups in total. The van der Waals surface area contributed by atoms with E-state index in [1.54, 1.807) is 29.2 Å². The first-order valence-electron chi connectivity index (χ1n) is 6.62. The van der Waals surface area contributed by atoms with Gasteiger partial charge < -0.3 is 9.64 Å². The quantitative estimate of drug-likeness (QED) is 0.782. The number of alkyl halides is 3. The lowest BCUT2D eigenvalue weighted by Crippen LogP contribution is -2.20. The number of nitrogens with zero attached hydrogens (tertiary/aromatic N) is 3. The highest BCUT2D eigenvalue weighted by Crippen LogP contribution is 2.41. The van der Waals surface area contributed by atoms with Crippen molar-refractivity contribution < 1.29 is 22.7 Å². The lowest BCUT2D eigenvalue weighted by Gasteiger charge is -2.19. The largest absolute Gasteiger partial charge is 0.465 e. The summed E-state index contributed by atoms with van der Waals surface area (Å²) < 4.78 is 45.2. The van der Waals surface area contributed by atoms with Crippen LogP contribution in [0, 0.1) is 0 Å². The topological polar surface area (TPSA) is 47.4 Å². The third-order valence-electron chi connectivity index (χ3n) is 3.49. The monoisotopic (exact) mass is 345 g/mol. The van der Waals surface area contributed by atoms with Gasteiger partial charge in [-0.05, 0) is 18.2 Å². The van der Waals surface area contributed by atoms with Crippen molar-refractivity contribution in [1.29, 1.82) is 0 Å². The molecule has 3 rings (SSSR count). The molecule has 122 valence electrons. The summed E-state index contributed by atoms with van der Waals surface area (Å²) in [4.78, 5) is 13.5. The zero-order chi connectivity index (χ0) is 16.8. The Balaban J connectivity index is 2.18. The minimum Gasteiger partial charge on any atom is -0.465 e. The van der Waals surface area contributed by atoms with Crippen LogP contribution >= 0.6 is 11.6 Å². The standard InChI is InChI=1S/C14H11ClF3N3O2/c1-23-13(22)10-11(14(16,17)18)19-21-6-5-20(12(10)21)9-4-2-3-8(15)7-9/h2-4,7H,5-6H2,1H3. The van der Waals surface area contributed by atoms with Crippen molar-refractivity contribution in [2.75, 3.05) is 18.6 Å². The maximum Gasteiger partial charge on any atom is 0.436 e. The zero-order valence-corrected chi connectivity index (χ0v) is 12.6. The molecule has 0 aliphatic carbocycles. The lowest BCUT2D eigenvalue weighted by molar-refractivity contribution is -0.142. The van der Waals surface area contributed by atoms with Gasteiger partial charge >= 0.3 is 12.1 Å². The van der Waals surface area contributed by atoms with Crippen LogP contribution in [0.1, 0.15) is 16.1 Å². The number of anilines is 2. The summed E-state index contributed by atoms with van der Waals surface area (Å²) >= 11 is 5.94. The Bertz CT molecular complexity index is 773. The highest BCUT2D eigenvalue weighted by Gasteiger charge is 2.44. The van der Waals surface area contributed by atoms with E-state index in [0.29, 0.717) is 17.3 Å². The van der Waals surface area contributed by atoms with Crippen molar-refractivity contribution in [1.82, 2.24) is 9.78 Å². The molecule has 0 bridgehead atoms. The molecule has 0 fully saturated rings. The number of hydrogen-bond donors (Lipinski definition) is 0. The molecule has 1 aromatic carbocycles. The van der Waals surface area contributed by atoms with Gasteiger partial charge in [0.05, 0.1) is 13.7 Å². The van der Waals surface area contributed by atoms with E-state index >= 15 is 0 Å². The molecule has 1 aromatic heterocycles. The lowest BCUT2D eigenvalue weighted by atomic mass is 10.2. The van der Waals surface area contributed by atoms with Crippen molar-refractivity contribution in [3.05, 3.63) is 40.5 Å². The molecule has 9 heteroatoms. The van der Waals surface area contributed by atoms with Crippen LogP contribution in [0.25, 0.3) is 0 Å². The fourth-order valence-electron chi connectivity index (χ4n) is 2.57. The van der Waals surface area contributed by atoms with Crippen LogP contribution in [-0.2, 0) is 17.5 Å². The SMILES string of the molecule is COC(=O)c1c(C(F)(F)F)nn2c1N(c1cccc(Cl)c1)CC2. The summed E-state index contributed by atoms with van der Waals surface area (Å²) in [7, 11) is 1.03. The summed E-state index contributed by atoms with van der Waals surface area (Å²) in [6, 6.07) is 6.64. The summed E-state index contributed by atoms with van der Waals surface area (Å²) in [5.74, 6) is -1.01. The summed E-state index contributed by atoms with van der Waals surface area (Å²) in [6.07, 6.45) is -4.75. The number of esters is 1. The van der Waals surface area contributed by atoms with E-state index in [2.05, 4.69) is 9.84 Å². The fourth-order valence-corrected chi connectivity index (χ4v) is 2.75. The third kappa shape index (κ3) is 2.63. The number of aromatic nitrogens is 2. The minimum absolute atomic E-state index is 0.0615. The van der Waals surface area contributed by atoms with Gasteiger partial charge in [0.25, 0.3) is 0 Å². The Morgan fingerprint density at radius 3 is 2.70 bits per heavy atom. The van der Waals surface area contributed by atoms with Crippen molar-refractivity contribution in [2.45, 2.75) is 12.7 Å². The van der Waals surface area contributed by atoms with Crippen LogP contribution in [0.4, 0.5) is 24.7 Å². The van der Waals surface area contributed by atoms with Crippen LogP contribution < -0.4 is 4.90 Å². The molecule has 0 radical (unpaired) electrons. The number of carbonyl (C=O) groups is 1. The van der Waals surface area contributed by atoms with Crippen LogP contribution in [0.15, 0.2) is 24.3 Å². The molecule has 1 aliphatic rings. The summed E-state index contributed by atoms with van der Waals surface area (Å²) in [5, 5.41) is 3.99. The van der Waals surface area contributed by atoms with Gasteiger partial charge in [0.1, 0.15) is 11.4 Å². The third-order valence-corrected chi connectivity index (χ3v) is 3.73. The Morgan fingerprint density at radius 1 is 1.35 bits per heavy atom. The number of rotatable bonds is 2. The molecule has 2 heterocycles. The number of carbonyl (C=O) groups excluding carboxylic acids is 1. The highest BCUT2D eigenvalue weighted by molar-refractivity contribution is 6.30. The molecule has 23 heavy (non-hydrogen) atoms. The van der Waals surface area contributed by atoms with Crippen molar-refractivity contribution in [3.63, 3.8) is 0 Å². The van der Waals surface area contributed by atoms with E-state index in [-0.39, 0.29) is 12.4 Å². The van der Waals surface area contributed by atoms with E-state index in [9.17, 15) is 18.0 Å². The number of fused-ring (bicyclic) bond motifs is 1. The van der Waals surface area contributed by atoms with Gasteiger partial charge in [0.2, 0.25) is 0 Å². The van der Waals surface area contributed by atoms with Crippen molar-refractivity contribution in [2.24, 2.45) is 0 Å². The maximum atomic E-state index is 13.2. The Morgan fingerprint density at radius 2 is 2.09 bits per heavy atom. The molecule has 1 aliphatic heterocycles. The highest BCUT2D eigenvalue weighted by atomic mass is 35.5. The second-order valence-corrected chi connectivity index (χ2v) is 5.33. The van der Waals surface area contributed by atoms with E-state index < -0.39 is 23.4 Å². The Labute approximate surface area is 134 Å². The normalized spacial score (nSPS) is 14.0. The van der Waals surface area contributed by atoms with Crippen LogP contribution in [-0.4, -0.2) is 29.4 Å².